The van der Waals surface area contributed by atoms with Crippen LogP contribution < -0.4 is 74.0 Å². The SMILES string of the molecule is CCCOC(=O)[C@H](C)N.CCCOC(=O)[C@H](C)N[P@@](=O)(Cl)Oc1ccccc1.CCCOC(=O)[C@H](C)N[P@](=O)(OC[C@H]1O[C@@H](n2ccc(=O)[nH]c2=O)[C@](C)(F)[C@@H]1O)Oc1ccccc1.CCCOC(=O)[C@H](C)N[P@](=O)(Oc1ccccc1)Oc1c(F)c(F)c(F)c(F)c1F.C[C@@]1(F)[C@H](O)[C@@H](CO)O[C@H]1n1ccc(=O)[nH]c1=O.Oc1c(F)c(F)c(F)c(F)c1F.[Cl-]. The standard InChI is InChI=1S/C22H29FN3O9P.C18H17F5NO5P.C12H17ClNO4P.C10H13FN2O5.C6HF5O.C6H13NO2.ClH/c1-4-12-32-19(29)14(2)25-36(31,35-15-8-6-5-7-9-15)33-13-16-18(28)22(3,23)20(34-16)26-11-10-17(27)24-21(26)30;1-3-9-27-18(25)10(2)24-30(26,28-11-7-5-4-6-8-11)29-17-15(22)13(20)12(19)14(21)16(17)23;1-3-9-17-12(15)10(2)14-19(13,16)18-11-7-5-4-6-8-11;1-10(11)7(16)5(4-14)18-8(10)13-3-2-6(15)12-9(13)17;7-1-2(8)4(10)6(12)5(11)3(1)9;1-3-4-9-6(8)5(2)7;/h5-11,14,16,18,20,28H,4,12-13H2,1-3H3,(H,25,31)(H,24,27,30);4-8,10H,3,9H2,1-2H3,(H,24,26);4-8,10H,3,9H2,1-2H3,(H,14,16);2-3,5,7-8,14,16H,4H2,1H3,(H,12,15,17);12H;5H,3-4,7H2,1-2H3;1H/p-1/t14-,16+,18+,20+,22+,36-;10-,30-;10-,19+;5-,7-,8-,10-;;5-;/m0001.0./s1. The first-order valence-electron chi connectivity index (χ1n) is 36.9. The van der Waals surface area contributed by atoms with Gasteiger partial charge in [-0.15, -0.1) is 0 Å². The maximum atomic E-state index is 15.4. The summed E-state index contributed by atoms with van der Waals surface area (Å²) in [6, 6.07) is 21.8. The molecule has 4 heterocycles. The molecule has 2 aliphatic rings. The smallest absolute Gasteiger partial charge is 0.513 e. The third kappa shape index (κ3) is 32.3. The van der Waals surface area contributed by atoms with Gasteiger partial charge in [-0.1, -0.05) is 82.3 Å². The molecule has 0 amide bonds. The minimum Gasteiger partial charge on any atom is -1.00 e. The first kappa shape index (κ1) is 110. The summed E-state index contributed by atoms with van der Waals surface area (Å²) in [6.07, 6.45) is -4.15. The summed E-state index contributed by atoms with van der Waals surface area (Å²) >= 11 is 5.76. The number of aliphatic hydroxyl groups is 3. The van der Waals surface area contributed by atoms with Crippen molar-refractivity contribution in [2.75, 3.05) is 39.6 Å². The number of halogens is 14. The van der Waals surface area contributed by atoms with Gasteiger partial charge in [0.15, 0.2) is 29.5 Å². The number of aromatic nitrogens is 4. The van der Waals surface area contributed by atoms with E-state index in [1.165, 1.54) is 57.2 Å². The predicted molar refractivity (Wildman–Crippen MR) is 416 cm³/mol. The molecule has 0 saturated carbocycles. The van der Waals surface area contributed by atoms with E-state index in [1.54, 1.807) is 68.4 Å². The Bertz CT molecular complexity index is 4950. The number of aromatic amines is 2. The molecule has 34 nitrogen and oxygen atoms in total. The van der Waals surface area contributed by atoms with Crippen molar-refractivity contribution >= 4 is 57.5 Å². The Hall–Kier alpha value is -9.63. The molecule has 2 aliphatic heterocycles. The molecule has 5 aromatic carbocycles. The van der Waals surface area contributed by atoms with Gasteiger partial charge in [-0.05, 0) is 104 Å². The van der Waals surface area contributed by atoms with Crippen molar-refractivity contribution < 1.29 is 169 Å². The second-order valence-electron chi connectivity index (χ2n) is 26.4. The Morgan fingerprint density at radius 1 is 0.496 bits per heavy atom. The third-order valence-electron chi connectivity index (χ3n) is 16.0. The van der Waals surface area contributed by atoms with Gasteiger partial charge >= 0.3 is 57.6 Å². The molecule has 2 fully saturated rings. The Balaban J connectivity index is 0.000000408. The molecule has 125 heavy (non-hydrogen) atoms. The van der Waals surface area contributed by atoms with Crippen molar-refractivity contribution in [3.63, 3.8) is 0 Å². The highest BCUT2D eigenvalue weighted by Crippen LogP contribution is 2.51. The van der Waals surface area contributed by atoms with Crippen molar-refractivity contribution in [2.45, 2.75) is 167 Å². The van der Waals surface area contributed by atoms with Gasteiger partial charge in [-0.25, -0.2) is 63.5 Å². The molecule has 696 valence electrons. The van der Waals surface area contributed by atoms with E-state index in [9.17, 15) is 111 Å². The number of nitrogens with one attached hydrogen (secondary N) is 5. The summed E-state index contributed by atoms with van der Waals surface area (Å²) in [4.78, 5) is 96.1. The van der Waals surface area contributed by atoms with E-state index in [0.717, 1.165) is 60.3 Å². The largest absolute Gasteiger partial charge is 1.00 e. The van der Waals surface area contributed by atoms with Crippen LogP contribution in [0.4, 0.5) is 52.7 Å². The Kier molecular flexibility index (Phi) is 44.4. The molecular formula is C74H90Cl2F12N8O26P3-. The van der Waals surface area contributed by atoms with Crippen molar-refractivity contribution in [2.24, 2.45) is 5.73 Å². The molecule has 9 rings (SSSR count). The van der Waals surface area contributed by atoms with Gasteiger partial charge in [-0.2, -0.15) is 27.7 Å². The highest BCUT2D eigenvalue weighted by Gasteiger charge is 2.57. The summed E-state index contributed by atoms with van der Waals surface area (Å²) < 4.78 is 255. The maximum absolute atomic E-state index is 15.4. The van der Waals surface area contributed by atoms with Crippen LogP contribution in [0.5, 0.6) is 28.7 Å². The van der Waals surface area contributed by atoms with Crippen LogP contribution in [-0.2, 0) is 65.8 Å². The summed E-state index contributed by atoms with van der Waals surface area (Å²) in [5, 5.41) is 44.4. The van der Waals surface area contributed by atoms with Gasteiger partial charge in [0.25, 0.3) is 11.1 Å². The van der Waals surface area contributed by atoms with E-state index < -0.39 is 218 Å². The fourth-order valence-electron chi connectivity index (χ4n) is 9.71. The van der Waals surface area contributed by atoms with Crippen LogP contribution in [-0.4, -0.2) is 163 Å². The van der Waals surface area contributed by atoms with Gasteiger partial charge < -0.3 is 85.1 Å². The summed E-state index contributed by atoms with van der Waals surface area (Å²) in [7, 11) is -9.19. The molecule has 7 aromatic rings. The van der Waals surface area contributed by atoms with E-state index in [0.29, 0.717) is 31.8 Å². The molecule has 0 unspecified atom stereocenters. The number of rotatable bonds is 32. The number of ether oxygens (including phenoxy) is 6. The molecule has 0 aliphatic carbocycles. The van der Waals surface area contributed by atoms with E-state index in [1.807, 2.05) is 30.7 Å². The molecule has 0 bridgehead atoms. The number of benzene rings is 5. The number of nitrogens with zero attached hydrogens (tertiary/aromatic N) is 2. The Labute approximate surface area is 715 Å². The number of para-hydroxylation sites is 3. The van der Waals surface area contributed by atoms with E-state index in [2.05, 4.69) is 24.5 Å². The second-order valence-corrected chi connectivity index (χ2v) is 32.4. The number of phenols is 1. The zero-order valence-electron chi connectivity index (χ0n) is 67.7. The molecule has 0 radical (unpaired) electrons. The first-order valence-corrected chi connectivity index (χ1v) is 42.5. The van der Waals surface area contributed by atoms with Crippen LogP contribution >= 0.6 is 33.6 Å². The van der Waals surface area contributed by atoms with E-state index in [-0.39, 0.29) is 43.1 Å². The first-order chi connectivity index (χ1) is 58.0. The lowest BCUT2D eigenvalue weighted by Gasteiger charge is -2.25. The third-order valence-corrected chi connectivity index (χ3v) is 20.8. The van der Waals surface area contributed by atoms with Crippen LogP contribution in [0.25, 0.3) is 0 Å². The van der Waals surface area contributed by atoms with Gasteiger partial charge in [0.05, 0.1) is 39.6 Å². The monoisotopic (exact) mass is 1900 g/mol. The van der Waals surface area contributed by atoms with Crippen molar-refractivity contribution in [3.05, 3.63) is 215 Å². The van der Waals surface area contributed by atoms with Gasteiger partial charge in [0, 0.05) is 35.8 Å². The number of carbonyl (C=O) groups excluding carboxylic acids is 4. The maximum Gasteiger partial charge on any atom is 0.513 e. The highest BCUT2D eigenvalue weighted by molar-refractivity contribution is 7.84. The number of esters is 4. The lowest BCUT2D eigenvalue weighted by molar-refractivity contribution is -0.146. The zero-order valence-corrected chi connectivity index (χ0v) is 71.9. The number of carbonyl (C=O) groups is 4. The number of H-pyrrole nitrogens is 2. The summed E-state index contributed by atoms with van der Waals surface area (Å²) in [6.45, 7) is 11.3. The molecule has 15 atom stereocenters. The minimum atomic E-state index is -4.90. The van der Waals surface area contributed by atoms with Crippen LogP contribution in [0, 0.1) is 58.2 Å². The number of aromatic hydroxyl groups is 1. The normalized spacial score (nSPS) is 20.3. The molecule has 51 heteroatoms. The summed E-state index contributed by atoms with van der Waals surface area (Å²) in [5.41, 5.74) is -2.62. The average molecular weight is 1900 g/mol. The van der Waals surface area contributed by atoms with Crippen LogP contribution in [0.3, 0.4) is 0 Å². The molecule has 2 aromatic heterocycles. The number of aliphatic hydroxyl groups excluding tert-OH is 3. The van der Waals surface area contributed by atoms with E-state index in [4.69, 9.17) is 69.0 Å². The second kappa shape index (κ2) is 50.6. The number of phenolic OH excluding ortho intramolecular Hbond substituents is 1. The van der Waals surface area contributed by atoms with Crippen molar-refractivity contribution in [1.82, 2.24) is 34.4 Å². The number of alkyl halides is 2. The molecule has 0 spiro atoms. The highest BCUT2D eigenvalue weighted by atomic mass is 35.7. The van der Waals surface area contributed by atoms with Crippen molar-refractivity contribution in [1.29, 1.82) is 0 Å². The lowest BCUT2D eigenvalue weighted by atomic mass is 9.98. The molecule has 11 N–H and O–H groups in total. The number of nitrogens with two attached hydrogens (primary N) is 1. The van der Waals surface area contributed by atoms with Crippen LogP contribution in [0.2, 0.25) is 0 Å². The van der Waals surface area contributed by atoms with Crippen LogP contribution in [0.15, 0.2) is 135 Å². The average Bonchev–Trinajstić information content (AvgIpc) is 1.69. The van der Waals surface area contributed by atoms with E-state index >= 15 is 4.39 Å². The Morgan fingerprint density at radius 3 is 1.15 bits per heavy atom. The fraction of sp³-hybridized carbons (Fsp3) is 0.432. The Morgan fingerprint density at radius 2 is 0.808 bits per heavy atom. The van der Waals surface area contributed by atoms with Gasteiger partial charge in [-0.3, -0.25) is 52.4 Å². The number of hydrogen-bond donors (Lipinski definition) is 10. The number of hydrogen-bond acceptors (Lipinski definition) is 27. The molecule has 2 saturated heterocycles. The zero-order chi connectivity index (χ0) is 93.5. The predicted octanol–water partition coefficient (Wildman–Crippen LogP) is 7.77. The summed E-state index contributed by atoms with van der Waals surface area (Å²) in [5.74, 6) is -28.5. The topological polar surface area (TPSA) is 474 Å². The minimum absolute atomic E-state index is 0. The van der Waals surface area contributed by atoms with Crippen LogP contribution in [0.1, 0.15) is 107 Å². The van der Waals surface area contributed by atoms with Crippen molar-refractivity contribution in [3.8, 4) is 28.7 Å². The van der Waals surface area contributed by atoms with Gasteiger partial charge in [0.1, 0.15) is 65.8 Å². The lowest BCUT2D eigenvalue weighted by Crippen LogP contribution is -3.00. The van der Waals surface area contributed by atoms with Gasteiger partial charge in [0.2, 0.25) is 63.9 Å². The fourth-order valence-corrected chi connectivity index (χ4v) is 14.4. The molecular weight excluding hydrogens is 1810 g/mol. The quantitative estimate of drug-likeness (QED) is 0.00480.